The number of likely N-dealkylation sites (N-methyl/N-ethyl adjacent to an activating group) is 1. The quantitative estimate of drug-likeness (QED) is 0.804. The van der Waals surface area contributed by atoms with E-state index in [4.69, 9.17) is 4.74 Å². The zero-order valence-corrected chi connectivity index (χ0v) is 18.1. The van der Waals surface area contributed by atoms with Gasteiger partial charge < -0.3 is 15.0 Å². The molecule has 0 aliphatic carbocycles. The molecule has 31 heavy (non-hydrogen) atoms. The molecule has 2 aromatic rings. The minimum Gasteiger partial charge on any atom is -0.381 e. The molecule has 2 amide bonds. The van der Waals surface area contributed by atoms with Crippen molar-refractivity contribution in [1.29, 1.82) is 0 Å². The molecule has 0 radical (unpaired) electrons. The third-order valence-electron chi connectivity index (χ3n) is 6.64. The fraction of sp³-hybridized carbons (Fsp3) is 0.440. The Bertz CT molecular complexity index is 881. The van der Waals surface area contributed by atoms with Crippen LogP contribution in [-0.2, 0) is 26.3 Å². The van der Waals surface area contributed by atoms with Crippen molar-refractivity contribution in [3.63, 3.8) is 0 Å². The summed E-state index contributed by atoms with van der Waals surface area (Å²) in [7, 11) is 1.66. The Balaban J connectivity index is 1.56. The van der Waals surface area contributed by atoms with Crippen LogP contribution in [-0.4, -0.2) is 67.6 Å². The van der Waals surface area contributed by atoms with Crippen LogP contribution < -0.4 is 5.32 Å². The number of hydrogen-bond acceptors (Lipinski definition) is 4. The molecule has 2 aromatic carbocycles. The van der Waals surface area contributed by atoms with Gasteiger partial charge in [-0.2, -0.15) is 0 Å². The monoisotopic (exact) mass is 421 g/mol. The van der Waals surface area contributed by atoms with Crippen LogP contribution in [0.3, 0.4) is 0 Å². The van der Waals surface area contributed by atoms with Gasteiger partial charge in [0.1, 0.15) is 6.04 Å². The molecule has 0 unspecified atom stereocenters. The van der Waals surface area contributed by atoms with Crippen LogP contribution in [0.25, 0.3) is 0 Å². The molecule has 0 spiro atoms. The van der Waals surface area contributed by atoms with Crippen LogP contribution in [0.5, 0.6) is 0 Å². The van der Waals surface area contributed by atoms with Crippen molar-refractivity contribution in [3.8, 4) is 0 Å². The van der Waals surface area contributed by atoms with Crippen molar-refractivity contribution in [1.82, 2.24) is 15.1 Å². The number of benzene rings is 2. The van der Waals surface area contributed by atoms with E-state index in [1.54, 1.807) is 7.05 Å². The SMILES string of the molecule is CNC(=O)[C@H]1CN(C(=O)C2(c3ccccc3)CCOCC2)CCN1Cc1ccccc1. The van der Waals surface area contributed by atoms with E-state index in [9.17, 15) is 9.59 Å². The van der Waals surface area contributed by atoms with Gasteiger partial charge in [-0.05, 0) is 24.0 Å². The first kappa shape index (κ1) is 21.5. The average Bonchev–Trinajstić information content (AvgIpc) is 2.85. The van der Waals surface area contributed by atoms with E-state index in [1.807, 2.05) is 53.4 Å². The first-order chi connectivity index (χ1) is 15.1. The number of amides is 2. The van der Waals surface area contributed by atoms with E-state index in [2.05, 4.69) is 22.3 Å². The van der Waals surface area contributed by atoms with Crippen LogP contribution in [0.4, 0.5) is 0 Å². The fourth-order valence-corrected chi connectivity index (χ4v) is 4.83. The number of nitrogens with one attached hydrogen (secondary N) is 1. The van der Waals surface area contributed by atoms with E-state index >= 15 is 0 Å². The van der Waals surface area contributed by atoms with E-state index in [1.165, 1.54) is 5.56 Å². The summed E-state index contributed by atoms with van der Waals surface area (Å²) in [5.41, 5.74) is 1.64. The molecule has 2 aliphatic rings. The number of rotatable bonds is 5. The maximum absolute atomic E-state index is 13.9. The van der Waals surface area contributed by atoms with Gasteiger partial charge in [-0.1, -0.05) is 60.7 Å². The second-order valence-electron chi connectivity index (χ2n) is 8.40. The fourth-order valence-electron chi connectivity index (χ4n) is 4.83. The maximum Gasteiger partial charge on any atom is 0.238 e. The standard InChI is InChI=1S/C25H31N3O3/c1-26-23(29)22-19-28(15-14-27(22)18-20-8-4-2-5-9-20)24(30)25(12-16-31-17-13-25)21-10-6-3-7-11-21/h2-11,22H,12-19H2,1H3,(H,26,29)/t22-/m1/s1. The predicted octanol–water partition coefficient (Wildman–Crippen LogP) is 2.19. The Morgan fingerprint density at radius 2 is 1.65 bits per heavy atom. The summed E-state index contributed by atoms with van der Waals surface area (Å²) in [4.78, 5) is 30.7. The van der Waals surface area contributed by atoms with Gasteiger partial charge >= 0.3 is 0 Å². The van der Waals surface area contributed by atoms with Crippen LogP contribution >= 0.6 is 0 Å². The van der Waals surface area contributed by atoms with Crippen molar-refractivity contribution in [2.24, 2.45) is 0 Å². The minimum absolute atomic E-state index is 0.0471. The van der Waals surface area contributed by atoms with Gasteiger partial charge in [-0.25, -0.2) is 0 Å². The van der Waals surface area contributed by atoms with Gasteiger partial charge in [-0.3, -0.25) is 14.5 Å². The molecule has 1 N–H and O–H groups in total. The Morgan fingerprint density at radius 1 is 1.00 bits per heavy atom. The summed E-state index contributed by atoms with van der Waals surface area (Å²) < 4.78 is 5.60. The highest BCUT2D eigenvalue weighted by Gasteiger charge is 2.46. The van der Waals surface area contributed by atoms with Crippen molar-refractivity contribution in [3.05, 3.63) is 71.8 Å². The van der Waals surface area contributed by atoms with Crippen LogP contribution in [0.15, 0.2) is 60.7 Å². The largest absolute Gasteiger partial charge is 0.381 e. The Kier molecular flexibility index (Phi) is 6.68. The van der Waals surface area contributed by atoms with E-state index in [-0.39, 0.29) is 17.9 Å². The number of piperazine rings is 1. The van der Waals surface area contributed by atoms with Crippen LogP contribution in [0, 0.1) is 0 Å². The van der Waals surface area contributed by atoms with Crippen molar-refractivity contribution >= 4 is 11.8 Å². The maximum atomic E-state index is 13.9. The zero-order valence-electron chi connectivity index (χ0n) is 18.1. The van der Waals surface area contributed by atoms with Crippen molar-refractivity contribution in [2.45, 2.75) is 30.8 Å². The third kappa shape index (κ3) is 4.50. The lowest BCUT2D eigenvalue weighted by molar-refractivity contribution is -0.146. The third-order valence-corrected chi connectivity index (χ3v) is 6.64. The molecule has 6 heteroatoms. The number of nitrogens with zero attached hydrogens (tertiary/aromatic N) is 2. The number of carbonyl (C=O) groups excluding carboxylic acids is 2. The highest BCUT2D eigenvalue weighted by molar-refractivity contribution is 5.90. The molecular formula is C25H31N3O3. The lowest BCUT2D eigenvalue weighted by Crippen LogP contribution is -2.62. The molecule has 164 valence electrons. The number of carbonyl (C=O) groups is 2. The number of ether oxygens (including phenoxy) is 1. The molecular weight excluding hydrogens is 390 g/mol. The molecule has 0 aromatic heterocycles. The highest BCUT2D eigenvalue weighted by Crippen LogP contribution is 2.37. The average molecular weight is 422 g/mol. The molecule has 2 heterocycles. The molecule has 0 saturated carbocycles. The summed E-state index contributed by atoms with van der Waals surface area (Å²) in [6, 6.07) is 19.9. The van der Waals surface area contributed by atoms with Gasteiger partial charge in [0.15, 0.2) is 0 Å². The van der Waals surface area contributed by atoms with E-state index < -0.39 is 5.41 Å². The first-order valence-electron chi connectivity index (χ1n) is 11.1. The van der Waals surface area contributed by atoms with Gasteiger partial charge in [0.2, 0.25) is 11.8 Å². The molecule has 4 rings (SSSR count). The Morgan fingerprint density at radius 3 is 2.29 bits per heavy atom. The lowest BCUT2D eigenvalue weighted by atomic mass is 9.72. The lowest BCUT2D eigenvalue weighted by Gasteiger charge is -2.45. The van der Waals surface area contributed by atoms with Gasteiger partial charge in [0.25, 0.3) is 0 Å². The second-order valence-corrected chi connectivity index (χ2v) is 8.40. The molecule has 1 atom stereocenters. The normalized spacial score (nSPS) is 21.5. The Labute approximate surface area is 184 Å². The molecule has 2 saturated heterocycles. The van der Waals surface area contributed by atoms with Crippen LogP contribution in [0.1, 0.15) is 24.0 Å². The minimum atomic E-state index is -0.575. The predicted molar refractivity (Wildman–Crippen MR) is 119 cm³/mol. The molecule has 6 nitrogen and oxygen atoms in total. The van der Waals surface area contributed by atoms with Gasteiger partial charge in [0, 0.05) is 46.4 Å². The highest BCUT2D eigenvalue weighted by atomic mass is 16.5. The second kappa shape index (κ2) is 9.62. The van der Waals surface area contributed by atoms with Crippen molar-refractivity contribution in [2.75, 3.05) is 39.9 Å². The van der Waals surface area contributed by atoms with Crippen molar-refractivity contribution < 1.29 is 14.3 Å². The summed E-state index contributed by atoms with van der Waals surface area (Å²) in [6.07, 6.45) is 1.34. The molecule has 2 aliphatic heterocycles. The summed E-state index contributed by atoms with van der Waals surface area (Å²) in [5, 5.41) is 2.79. The van der Waals surface area contributed by atoms with Gasteiger partial charge in [0.05, 0.1) is 5.41 Å². The van der Waals surface area contributed by atoms with E-state index in [0.29, 0.717) is 52.2 Å². The summed E-state index contributed by atoms with van der Waals surface area (Å²) in [5.74, 6) is 0.0735. The van der Waals surface area contributed by atoms with E-state index in [0.717, 1.165) is 5.56 Å². The summed E-state index contributed by atoms with van der Waals surface area (Å²) >= 11 is 0. The molecule has 2 fully saturated rings. The summed E-state index contributed by atoms with van der Waals surface area (Å²) in [6.45, 7) is 3.54. The molecule has 0 bridgehead atoms. The smallest absolute Gasteiger partial charge is 0.238 e. The van der Waals surface area contributed by atoms with Gasteiger partial charge in [-0.15, -0.1) is 0 Å². The Hall–Kier alpha value is -2.70. The topological polar surface area (TPSA) is 61.9 Å². The van der Waals surface area contributed by atoms with Crippen LogP contribution in [0.2, 0.25) is 0 Å². The first-order valence-corrected chi connectivity index (χ1v) is 11.1. The zero-order chi connectivity index (χ0) is 21.7. The number of hydrogen-bond donors (Lipinski definition) is 1.